The number of allylic oxidation sites excluding steroid dienone is 14. The van der Waals surface area contributed by atoms with Crippen LogP contribution in [-0.4, -0.2) is 65.7 Å². The van der Waals surface area contributed by atoms with Crippen LogP contribution in [0.4, 0.5) is 0 Å². The zero-order valence-corrected chi connectivity index (χ0v) is 35.5. The maximum atomic E-state index is 12.6. The molecule has 0 saturated carbocycles. The Balaban J connectivity index is 4.33. The van der Waals surface area contributed by atoms with Crippen LogP contribution in [0.25, 0.3) is 0 Å². The number of esters is 2. The summed E-state index contributed by atoms with van der Waals surface area (Å²) in [7, 11) is -4.63. The lowest BCUT2D eigenvalue weighted by molar-refractivity contribution is -0.161. The number of carbonyl (C=O) groups excluding carboxylic acids is 2. The molecule has 0 radical (unpaired) electrons. The number of phosphoric acid groups is 1. The lowest BCUT2D eigenvalue weighted by atomic mass is 10.1. The number of hydrogen-bond donors (Lipinski definition) is 3. The summed E-state index contributed by atoms with van der Waals surface area (Å²) in [6.07, 6.45) is 46.9. The Morgan fingerprint density at radius 1 is 0.554 bits per heavy atom. The first-order chi connectivity index (χ1) is 27.2. The SMILES string of the molecule is CC/C=C/C=C/C=C/CCCCCCCC(=O)OC(COC(=O)CCCCCCCCC/C=C/C/C=C/C/C=C/C/C=C/CC)COP(=O)(O)OC[C@H](O)CO. The minimum Gasteiger partial charge on any atom is -0.462 e. The van der Waals surface area contributed by atoms with Gasteiger partial charge in [0.25, 0.3) is 0 Å². The van der Waals surface area contributed by atoms with Crippen molar-refractivity contribution in [2.75, 3.05) is 26.4 Å². The highest BCUT2D eigenvalue weighted by Gasteiger charge is 2.27. The summed E-state index contributed by atoms with van der Waals surface area (Å²) in [5.74, 6) is -0.970. The van der Waals surface area contributed by atoms with Crippen molar-refractivity contribution in [3.05, 3.63) is 85.1 Å². The Labute approximate surface area is 339 Å². The molecule has 0 aromatic rings. The first kappa shape index (κ1) is 53.1. The molecule has 320 valence electrons. The van der Waals surface area contributed by atoms with Crippen LogP contribution in [-0.2, 0) is 32.7 Å². The predicted octanol–water partition coefficient (Wildman–Crippen LogP) is 11.1. The standard InChI is InChI=1S/C45H75O10P/c1-3-5-7-9-11-13-15-17-18-19-20-21-22-23-25-26-28-30-32-34-36-44(48)52-40-43(41-54-56(50,51)53-39-42(47)38-46)55-45(49)37-35-33-31-29-27-24-16-14-12-10-8-6-4-2/h5-8,10-14,16-18,20-21,42-43,46-47H,3-4,9,15,19,22-41H2,1-2H3,(H,50,51)/b7-5+,8-6+,12-10+,13-11+,16-14+,18-17+,21-20+/t42-,43?/m1/s1. The van der Waals surface area contributed by atoms with Gasteiger partial charge in [-0.15, -0.1) is 0 Å². The van der Waals surface area contributed by atoms with E-state index in [9.17, 15) is 24.2 Å². The minimum atomic E-state index is -4.63. The van der Waals surface area contributed by atoms with E-state index in [1.54, 1.807) is 0 Å². The Bertz CT molecular complexity index is 1200. The second-order valence-electron chi connectivity index (χ2n) is 13.7. The van der Waals surface area contributed by atoms with Gasteiger partial charge in [0.2, 0.25) is 0 Å². The summed E-state index contributed by atoms with van der Waals surface area (Å²) < 4.78 is 32.6. The molecule has 0 fully saturated rings. The molecule has 0 amide bonds. The third kappa shape index (κ3) is 39.4. The number of hydrogen-bond acceptors (Lipinski definition) is 9. The number of aliphatic hydroxyl groups excluding tert-OH is 2. The molecule has 0 aromatic carbocycles. The molecule has 2 unspecified atom stereocenters. The largest absolute Gasteiger partial charge is 0.472 e. The van der Waals surface area contributed by atoms with Gasteiger partial charge < -0.3 is 24.6 Å². The molecular weight excluding hydrogens is 731 g/mol. The van der Waals surface area contributed by atoms with Gasteiger partial charge in [0.1, 0.15) is 12.7 Å². The average Bonchev–Trinajstić information content (AvgIpc) is 3.19. The third-order valence-corrected chi connectivity index (χ3v) is 9.31. The number of phosphoric ester groups is 1. The summed E-state index contributed by atoms with van der Waals surface area (Å²) in [5, 5.41) is 18.3. The van der Waals surface area contributed by atoms with Crippen molar-refractivity contribution in [1.29, 1.82) is 0 Å². The quantitative estimate of drug-likeness (QED) is 0.0181. The van der Waals surface area contributed by atoms with Gasteiger partial charge >= 0.3 is 19.8 Å². The van der Waals surface area contributed by atoms with E-state index < -0.39 is 51.8 Å². The van der Waals surface area contributed by atoms with Crippen molar-refractivity contribution < 1.29 is 47.8 Å². The fourth-order valence-corrected chi connectivity index (χ4v) is 5.95. The number of rotatable bonds is 38. The topological polar surface area (TPSA) is 149 Å². The number of unbranched alkanes of at least 4 members (excludes halogenated alkanes) is 12. The summed E-state index contributed by atoms with van der Waals surface area (Å²) in [6, 6.07) is 0. The lowest BCUT2D eigenvalue weighted by Gasteiger charge is -2.20. The Hall–Kier alpha value is -2.85. The second kappa shape index (κ2) is 40.4. The highest BCUT2D eigenvalue weighted by molar-refractivity contribution is 7.47. The number of aliphatic hydroxyl groups is 2. The highest BCUT2D eigenvalue weighted by Crippen LogP contribution is 2.43. The normalized spacial score (nSPS) is 14.7. The highest BCUT2D eigenvalue weighted by atomic mass is 31.2. The average molecular weight is 807 g/mol. The zero-order chi connectivity index (χ0) is 41.2. The molecule has 0 aliphatic rings. The molecular formula is C45H75O10P. The molecule has 11 heteroatoms. The molecule has 0 bridgehead atoms. The van der Waals surface area contributed by atoms with E-state index in [-0.39, 0.29) is 19.4 Å². The van der Waals surface area contributed by atoms with Gasteiger partial charge in [0.15, 0.2) is 6.10 Å². The van der Waals surface area contributed by atoms with E-state index in [2.05, 4.69) is 79.1 Å². The molecule has 10 nitrogen and oxygen atoms in total. The van der Waals surface area contributed by atoms with E-state index in [0.29, 0.717) is 12.8 Å². The molecule has 3 N–H and O–H groups in total. The Morgan fingerprint density at radius 3 is 1.59 bits per heavy atom. The van der Waals surface area contributed by atoms with Crippen molar-refractivity contribution >= 4 is 19.8 Å². The number of ether oxygens (including phenoxy) is 2. The molecule has 0 heterocycles. The molecule has 0 aliphatic heterocycles. The predicted molar refractivity (Wildman–Crippen MR) is 228 cm³/mol. The van der Waals surface area contributed by atoms with Crippen LogP contribution >= 0.6 is 7.82 Å². The monoisotopic (exact) mass is 807 g/mol. The van der Waals surface area contributed by atoms with Gasteiger partial charge in [-0.2, -0.15) is 0 Å². The van der Waals surface area contributed by atoms with Crippen molar-refractivity contribution in [2.24, 2.45) is 0 Å². The molecule has 56 heavy (non-hydrogen) atoms. The fraction of sp³-hybridized carbons (Fsp3) is 0.644. The molecule has 0 rings (SSSR count). The van der Waals surface area contributed by atoms with Crippen molar-refractivity contribution in [2.45, 2.75) is 161 Å². The van der Waals surface area contributed by atoms with Gasteiger partial charge in [-0.1, -0.05) is 150 Å². The van der Waals surface area contributed by atoms with Crippen molar-refractivity contribution in [3.8, 4) is 0 Å². The second-order valence-corrected chi connectivity index (χ2v) is 15.1. The smallest absolute Gasteiger partial charge is 0.462 e. The molecule has 3 atom stereocenters. The van der Waals surface area contributed by atoms with Crippen LogP contribution < -0.4 is 0 Å². The maximum absolute atomic E-state index is 12.6. The molecule has 0 spiro atoms. The van der Waals surface area contributed by atoms with E-state index in [1.807, 2.05) is 24.3 Å². The zero-order valence-electron chi connectivity index (χ0n) is 34.6. The van der Waals surface area contributed by atoms with Gasteiger partial charge in [-0.3, -0.25) is 18.6 Å². The number of carbonyl (C=O) groups is 2. The first-order valence-corrected chi connectivity index (χ1v) is 22.6. The Kier molecular flexibility index (Phi) is 38.3. The van der Waals surface area contributed by atoms with E-state index in [0.717, 1.165) is 96.3 Å². The summed E-state index contributed by atoms with van der Waals surface area (Å²) in [4.78, 5) is 34.9. The van der Waals surface area contributed by atoms with E-state index >= 15 is 0 Å². The van der Waals surface area contributed by atoms with Crippen LogP contribution in [0.1, 0.15) is 149 Å². The van der Waals surface area contributed by atoms with Crippen molar-refractivity contribution in [1.82, 2.24) is 0 Å². The lowest BCUT2D eigenvalue weighted by Crippen LogP contribution is -2.29. The van der Waals surface area contributed by atoms with E-state index in [4.69, 9.17) is 19.1 Å². The van der Waals surface area contributed by atoms with Gasteiger partial charge in [-0.25, -0.2) is 4.57 Å². The van der Waals surface area contributed by atoms with Crippen LogP contribution in [0.2, 0.25) is 0 Å². The van der Waals surface area contributed by atoms with Gasteiger partial charge in [0.05, 0.1) is 19.8 Å². The maximum Gasteiger partial charge on any atom is 0.472 e. The van der Waals surface area contributed by atoms with Crippen LogP contribution in [0.3, 0.4) is 0 Å². The van der Waals surface area contributed by atoms with Crippen molar-refractivity contribution in [3.63, 3.8) is 0 Å². The molecule has 0 aromatic heterocycles. The van der Waals surface area contributed by atoms with Gasteiger partial charge in [0, 0.05) is 12.8 Å². The van der Waals surface area contributed by atoms with Gasteiger partial charge in [-0.05, 0) is 70.6 Å². The van der Waals surface area contributed by atoms with Crippen LogP contribution in [0.5, 0.6) is 0 Å². The minimum absolute atomic E-state index is 0.154. The fourth-order valence-electron chi connectivity index (χ4n) is 5.16. The first-order valence-electron chi connectivity index (χ1n) is 21.1. The Morgan fingerprint density at radius 2 is 1.02 bits per heavy atom. The van der Waals surface area contributed by atoms with E-state index in [1.165, 1.54) is 12.8 Å². The summed E-state index contributed by atoms with van der Waals surface area (Å²) in [5.41, 5.74) is 0. The molecule has 0 aliphatic carbocycles. The third-order valence-electron chi connectivity index (χ3n) is 8.36. The van der Waals surface area contributed by atoms with Crippen LogP contribution in [0, 0.1) is 0 Å². The van der Waals surface area contributed by atoms with Crippen LogP contribution in [0.15, 0.2) is 85.1 Å². The summed E-state index contributed by atoms with van der Waals surface area (Å²) in [6.45, 7) is 2.07. The molecule has 0 saturated heterocycles. The summed E-state index contributed by atoms with van der Waals surface area (Å²) >= 11 is 0.